The summed E-state index contributed by atoms with van der Waals surface area (Å²) in [6.07, 6.45) is 3.91. The molecule has 0 saturated heterocycles. The average molecular weight is 351 g/mol. The summed E-state index contributed by atoms with van der Waals surface area (Å²) in [7, 11) is 3.64. The Morgan fingerprint density at radius 2 is 1.92 bits per heavy atom. The Kier molecular flexibility index (Phi) is 4.15. The van der Waals surface area contributed by atoms with Crippen LogP contribution in [0.5, 0.6) is 5.75 Å². The predicted molar refractivity (Wildman–Crippen MR) is 97.7 cm³/mol. The highest BCUT2D eigenvalue weighted by molar-refractivity contribution is 7.98. The molecular weight excluding hydrogens is 334 g/mol. The van der Waals surface area contributed by atoms with E-state index in [1.54, 1.807) is 23.4 Å². The minimum absolute atomic E-state index is 0.643. The third-order valence-corrected chi connectivity index (χ3v) is 4.86. The molecule has 0 radical (unpaired) electrons. The van der Waals surface area contributed by atoms with Crippen LogP contribution in [-0.2, 0) is 12.8 Å². The van der Waals surface area contributed by atoms with Crippen LogP contribution in [0.15, 0.2) is 60.0 Å². The van der Waals surface area contributed by atoms with Crippen molar-refractivity contribution in [1.82, 2.24) is 24.1 Å². The molecule has 3 aromatic heterocycles. The summed E-state index contributed by atoms with van der Waals surface area (Å²) in [6, 6.07) is 13.9. The first-order valence-electron chi connectivity index (χ1n) is 7.84. The summed E-state index contributed by atoms with van der Waals surface area (Å²) in [5.74, 6) is 2.11. The largest absolute Gasteiger partial charge is 0.493 e. The average Bonchev–Trinajstić information content (AvgIpc) is 3.23. The van der Waals surface area contributed by atoms with Gasteiger partial charge in [-0.2, -0.15) is 5.10 Å². The predicted octanol–water partition coefficient (Wildman–Crippen LogP) is 3.43. The van der Waals surface area contributed by atoms with Gasteiger partial charge in [-0.15, -0.1) is 0 Å². The molecule has 0 unspecified atom stereocenters. The highest BCUT2D eigenvalue weighted by Gasteiger charge is 2.12. The van der Waals surface area contributed by atoms with Gasteiger partial charge in [0, 0.05) is 25.0 Å². The quantitative estimate of drug-likeness (QED) is 0.516. The lowest BCUT2D eigenvalue weighted by atomic mass is 10.2. The fourth-order valence-corrected chi connectivity index (χ4v) is 3.41. The second-order valence-corrected chi connectivity index (χ2v) is 6.49. The standard InChI is InChI=1S/C18H17N5OS/c1-22-11-14(13-7-4-3-5-8-13)19-18(22)25-12-16-20-17-15(24-2)9-6-10-23(17)21-16/h3-11H,12H2,1-2H3. The fourth-order valence-electron chi connectivity index (χ4n) is 2.61. The zero-order valence-corrected chi connectivity index (χ0v) is 14.8. The van der Waals surface area contributed by atoms with Crippen LogP contribution in [0.4, 0.5) is 0 Å². The second-order valence-electron chi connectivity index (χ2n) is 5.55. The van der Waals surface area contributed by atoms with E-state index in [2.05, 4.69) is 22.2 Å². The third-order valence-electron chi connectivity index (χ3n) is 3.82. The Hall–Kier alpha value is -2.80. The zero-order chi connectivity index (χ0) is 17.2. The highest BCUT2D eigenvalue weighted by atomic mass is 32.2. The van der Waals surface area contributed by atoms with E-state index in [0.717, 1.165) is 33.6 Å². The summed E-state index contributed by atoms with van der Waals surface area (Å²) in [5.41, 5.74) is 2.81. The van der Waals surface area contributed by atoms with Gasteiger partial charge >= 0.3 is 0 Å². The number of hydrogen-bond donors (Lipinski definition) is 0. The van der Waals surface area contributed by atoms with Gasteiger partial charge < -0.3 is 9.30 Å². The molecule has 0 N–H and O–H groups in total. The lowest BCUT2D eigenvalue weighted by Gasteiger charge is -1.98. The number of nitrogens with zero attached hydrogens (tertiary/aromatic N) is 5. The Balaban J connectivity index is 1.55. The Morgan fingerprint density at radius 1 is 1.08 bits per heavy atom. The molecular formula is C18H17N5OS. The van der Waals surface area contributed by atoms with Crippen molar-refractivity contribution >= 4 is 17.4 Å². The molecule has 4 rings (SSSR count). The molecule has 0 bridgehead atoms. The van der Waals surface area contributed by atoms with Gasteiger partial charge in [0.2, 0.25) is 0 Å². The number of aromatic nitrogens is 5. The van der Waals surface area contributed by atoms with Gasteiger partial charge in [0.1, 0.15) is 0 Å². The summed E-state index contributed by atoms with van der Waals surface area (Å²) in [5, 5.41) is 5.43. The molecule has 0 saturated carbocycles. The number of hydrogen-bond acceptors (Lipinski definition) is 5. The minimum Gasteiger partial charge on any atom is -0.493 e. The fraction of sp³-hybridized carbons (Fsp3) is 0.167. The van der Waals surface area contributed by atoms with E-state index >= 15 is 0 Å². The van der Waals surface area contributed by atoms with E-state index in [9.17, 15) is 0 Å². The van der Waals surface area contributed by atoms with Crippen molar-refractivity contribution in [3.63, 3.8) is 0 Å². The lowest BCUT2D eigenvalue weighted by Crippen LogP contribution is -1.92. The molecule has 4 aromatic rings. The third kappa shape index (κ3) is 3.10. The highest BCUT2D eigenvalue weighted by Crippen LogP contribution is 2.26. The van der Waals surface area contributed by atoms with Crippen molar-refractivity contribution in [2.45, 2.75) is 10.9 Å². The molecule has 3 heterocycles. The van der Waals surface area contributed by atoms with Gasteiger partial charge in [-0.05, 0) is 12.1 Å². The summed E-state index contributed by atoms with van der Waals surface area (Å²) in [6.45, 7) is 0. The van der Waals surface area contributed by atoms with Crippen LogP contribution >= 0.6 is 11.8 Å². The Morgan fingerprint density at radius 3 is 2.72 bits per heavy atom. The van der Waals surface area contributed by atoms with Crippen LogP contribution in [0.1, 0.15) is 5.82 Å². The van der Waals surface area contributed by atoms with Crippen LogP contribution in [0.25, 0.3) is 16.9 Å². The first kappa shape index (κ1) is 15.7. The normalized spacial score (nSPS) is 11.1. The van der Waals surface area contributed by atoms with E-state index in [-0.39, 0.29) is 0 Å². The summed E-state index contributed by atoms with van der Waals surface area (Å²) < 4.78 is 9.10. The number of ether oxygens (including phenoxy) is 1. The van der Waals surface area contributed by atoms with Crippen LogP contribution < -0.4 is 4.74 Å². The monoisotopic (exact) mass is 351 g/mol. The number of methoxy groups -OCH3 is 1. The molecule has 0 aliphatic carbocycles. The number of fused-ring (bicyclic) bond motifs is 1. The van der Waals surface area contributed by atoms with E-state index in [1.165, 1.54) is 0 Å². The molecule has 0 aliphatic rings. The molecule has 126 valence electrons. The van der Waals surface area contributed by atoms with Gasteiger partial charge in [-0.3, -0.25) is 0 Å². The number of aryl methyl sites for hydroxylation is 1. The molecule has 0 aliphatic heterocycles. The Labute approximate surface area is 149 Å². The van der Waals surface area contributed by atoms with Crippen molar-refractivity contribution in [3.8, 4) is 17.0 Å². The van der Waals surface area contributed by atoms with E-state index in [0.29, 0.717) is 5.75 Å². The van der Waals surface area contributed by atoms with E-state index < -0.39 is 0 Å². The summed E-state index contributed by atoms with van der Waals surface area (Å²) in [4.78, 5) is 9.28. The SMILES string of the molecule is COc1cccn2nc(CSc3nc(-c4ccccc4)cn3C)nc12. The van der Waals surface area contributed by atoms with E-state index in [1.807, 2.05) is 54.3 Å². The molecule has 0 atom stereocenters. The van der Waals surface area contributed by atoms with Crippen molar-refractivity contribution < 1.29 is 4.74 Å². The maximum Gasteiger partial charge on any atom is 0.198 e. The number of imidazole rings is 1. The van der Waals surface area contributed by atoms with E-state index in [4.69, 9.17) is 9.72 Å². The van der Waals surface area contributed by atoms with Gasteiger partial charge in [0.05, 0.1) is 18.6 Å². The molecule has 25 heavy (non-hydrogen) atoms. The van der Waals surface area contributed by atoms with Gasteiger partial charge in [0.25, 0.3) is 0 Å². The van der Waals surface area contributed by atoms with Crippen molar-refractivity contribution in [2.75, 3.05) is 7.11 Å². The minimum atomic E-state index is 0.643. The second kappa shape index (κ2) is 6.60. The maximum absolute atomic E-state index is 5.33. The number of rotatable bonds is 5. The van der Waals surface area contributed by atoms with Crippen molar-refractivity contribution in [2.24, 2.45) is 7.05 Å². The van der Waals surface area contributed by atoms with Crippen LogP contribution in [0.3, 0.4) is 0 Å². The van der Waals surface area contributed by atoms with Gasteiger partial charge in [-0.25, -0.2) is 14.5 Å². The topological polar surface area (TPSA) is 57.2 Å². The van der Waals surface area contributed by atoms with Crippen LogP contribution in [0.2, 0.25) is 0 Å². The number of thioether (sulfide) groups is 1. The molecule has 6 nitrogen and oxygen atoms in total. The molecule has 0 amide bonds. The molecule has 1 aromatic carbocycles. The van der Waals surface area contributed by atoms with Crippen LogP contribution in [-0.4, -0.2) is 31.3 Å². The first-order valence-corrected chi connectivity index (χ1v) is 8.83. The zero-order valence-electron chi connectivity index (χ0n) is 14.0. The summed E-state index contributed by atoms with van der Waals surface area (Å²) >= 11 is 1.62. The molecule has 0 spiro atoms. The lowest BCUT2D eigenvalue weighted by molar-refractivity contribution is 0.416. The van der Waals surface area contributed by atoms with Crippen LogP contribution in [0, 0.1) is 0 Å². The van der Waals surface area contributed by atoms with Crippen molar-refractivity contribution in [3.05, 3.63) is 60.7 Å². The Bertz CT molecular complexity index is 1010. The molecule has 7 heteroatoms. The van der Waals surface area contributed by atoms with Gasteiger partial charge in [0.15, 0.2) is 22.4 Å². The smallest absolute Gasteiger partial charge is 0.198 e. The van der Waals surface area contributed by atoms with Gasteiger partial charge in [-0.1, -0.05) is 42.1 Å². The molecule has 0 fully saturated rings. The van der Waals surface area contributed by atoms with Crippen molar-refractivity contribution in [1.29, 1.82) is 0 Å². The maximum atomic E-state index is 5.33. The number of pyridine rings is 1. The first-order chi connectivity index (χ1) is 12.2. The number of benzene rings is 1.